The van der Waals surface area contributed by atoms with Crippen LogP contribution in [-0.4, -0.2) is 82.3 Å². The van der Waals surface area contributed by atoms with Crippen LogP contribution in [0.3, 0.4) is 0 Å². The lowest BCUT2D eigenvalue weighted by Gasteiger charge is -2.38. The van der Waals surface area contributed by atoms with E-state index in [9.17, 15) is 19.5 Å². The molecule has 3 aliphatic heterocycles. The van der Waals surface area contributed by atoms with Crippen LogP contribution in [0.5, 0.6) is 0 Å². The number of aliphatic hydroxyl groups excluding tert-OH is 1. The zero-order valence-corrected chi connectivity index (χ0v) is 21.5. The zero-order chi connectivity index (χ0) is 25.8. The molecule has 1 N–H and O–H groups in total. The van der Waals surface area contributed by atoms with Crippen LogP contribution in [0.15, 0.2) is 25.3 Å². The Morgan fingerprint density at radius 3 is 2.66 bits per heavy atom. The predicted octanol–water partition coefficient (Wildman–Crippen LogP) is 2.85. The van der Waals surface area contributed by atoms with E-state index in [-0.39, 0.29) is 37.6 Å². The minimum Gasteiger partial charge on any atom is -0.465 e. The highest BCUT2D eigenvalue weighted by Crippen LogP contribution is 2.64. The lowest BCUT2D eigenvalue weighted by molar-refractivity contribution is -0.162. The number of likely N-dealkylation sites (tertiary alicyclic amines) is 1. The highest BCUT2D eigenvalue weighted by Gasteiger charge is 2.79. The molecule has 0 radical (unpaired) electrons. The largest absolute Gasteiger partial charge is 0.465 e. The fraction of sp³-hybridized carbons (Fsp3) is 0.741. The minimum absolute atomic E-state index is 0.0150. The van der Waals surface area contributed by atoms with E-state index in [2.05, 4.69) is 20.1 Å². The molecule has 8 nitrogen and oxygen atoms in total. The SMILES string of the molecule is C=CCCCOC(=O)[C@H]1[C@H]2C(=O)N(CCO)C(C(=O)N(CC=C)C(C)CCC)C23CC[C@]1(CC)O3. The molecule has 0 aliphatic carbocycles. The van der Waals surface area contributed by atoms with Gasteiger partial charge in [0.25, 0.3) is 0 Å². The first kappa shape index (κ1) is 27.4. The summed E-state index contributed by atoms with van der Waals surface area (Å²) in [5.74, 6) is -2.51. The molecule has 2 bridgehead atoms. The summed E-state index contributed by atoms with van der Waals surface area (Å²) >= 11 is 0. The van der Waals surface area contributed by atoms with Crippen molar-refractivity contribution >= 4 is 17.8 Å². The van der Waals surface area contributed by atoms with Crippen LogP contribution in [0.25, 0.3) is 0 Å². The van der Waals surface area contributed by atoms with Gasteiger partial charge in [-0.05, 0) is 45.4 Å². The van der Waals surface area contributed by atoms with Crippen molar-refractivity contribution in [2.75, 3.05) is 26.3 Å². The van der Waals surface area contributed by atoms with Gasteiger partial charge in [0.05, 0.1) is 24.7 Å². The third-order valence-corrected chi connectivity index (χ3v) is 8.15. The third-order valence-electron chi connectivity index (χ3n) is 8.15. The van der Waals surface area contributed by atoms with Crippen molar-refractivity contribution in [3.8, 4) is 0 Å². The number of allylic oxidation sites excluding steroid dienone is 1. The van der Waals surface area contributed by atoms with Gasteiger partial charge < -0.3 is 24.4 Å². The van der Waals surface area contributed by atoms with Crippen molar-refractivity contribution in [3.05, 3.63) is 25.3 Å². The smallest absolute Gasteiger partial charge is 0.312 e. The normalized spacial score (nSPS) is 31.8. The number of rotatable bonds is 14. The number of aliphatic hydroxyl groups is 1. The second kappa shape index (κ2) is 11.2. The molecule has 0 aromatic heterocycles. The van der Waals surface area contributed by atoms with E-state index in [0.717, 1.165) is 19.3 Å². The van der Waals surface area contributed by atoms with Crippen molar-refractivity contribution < 1.29 is 29.0 Å². The number of hydrogen-bond acceptors (Lipinski definition) is 6. The first-order chi connectivity index (χ1) is 16.8. The van der Waals surface area contributed by atoms with Crippen molar-refractivity contribution in [3.63, 3.8) is 0 Å². The number of unbranched alkanes of at least 4 members (excludes halogenated alkanes) is 1. The van der Waals surface area contributed by atoms with Crippen molar-refractivity contribution in [2.45, 2.75) is 89.0 Å². The number of β-amino-alcohol motifs (C(OH)–C–C–N with tert-alkyl or cyclic N) is 1. The van der Waals surface area contributed by atoms with Gasteiger partial charge in [-0.2, -0.15) is 0 Å². The Bertz CT molecular complexity index is 830. The Labute approximate surface area is 209 Å². The van der Waals surface area contributed by atoms with Crippen molar-refractivity contribution in [1.29, 1.82) is 0 Å². The van der Waals surface area contributed by atoms with Gasteiger partial charge in [-0.15, -0.1) is 13.2 Å². The van der Waals surface area contributed by atoms with Crippen LogP contribution in [0, 0.1) is 11.8 Å². The van der Waals surface area contributed by atoms with Gasteiger partial charge in [0.15, 0.2) is 0 Å². The molecule has 196 valence electrons. The maximum absolute atomic E-state index is 14.1. The predicted molar refractivity (Wildman–Crippen MR) is 132 cm³/mol. The molecule has 3 saturated heterocycles. The highest BCUT2D eigenvalue weighted by atomic mass is 16.6. The molecule has 35 heavy (non-hydrogen) atoms. The summed E-state index contributed by atoms with van der Waals surface area (Å²) in [5, 5.41) is 9.77. The number of nitrogens with zero attached hydrogens (tertiary/aromatic N) is 2. The van der Waals surface area contributed by atoms with Crippen molar-refractivity contribution in [2.24, 2.45) is 11.8 Å². The number of esters is 1. The molecule has 3 aliphatic rings. The van der Waals surface area contributed by atoms with Crippen LogP contribution in [0.4, 0.5) is 0 Å². The van der Waals surface area contributed by atoms with Gasteiger partial charge >= 0.3 is 5.97 Å². The topological polar surface area (TPSA) is 96.4 Å². The monoisotopic (exact) mass is 490 g/mol. The minimum atomic E-state index is -1.10. The van der Waals surface area contributed by atoms with Crippen LogP contribution < -0.4 is 0 Å². The Balaban J connectivity index is 2.00. The van der Waals surface area contributed by atoms with Gasteiger partial charge in [-0.1, -0.05) is 32.4 Å². The highest BCUT2D eigenvalue weighted by molar-refractivity contribution is 5.98. The third kappa shape index (κ3) is 4.55. The Hall–Kier alpha value is -2.19. The molecule has 3 rings (SSSR count). The molecule has 3 unspecified atom stereocenters. The van der Waals surface area contributed by atoms with Crippen LogP contribution >= 0.6 is 0 Å². The number of ether oxygens (including phenoxy) is 2. The van der Waals surface area contributed by atoms with E-state index in [0.29, 0.717) is 32.2 Å². The van der Waals surface area contributed by atoms with E-state index in [1.807, 2.05) is 13.8 Å². The molecule has 0 aromatic carbocycles. The van der Waals surface area contributed by atoms with Crippen LogP contribution in [0.2, 0.25) is 0 Å². The molecule has 8 heteroatoms. The molecule has 0 aromatic rings. The van der Waals surface area contributed by atoms with Gasteiger partial charge in [0.2, 0.25) is 11.8 Å². The van der Waals surface area contributed by atoms with Gasteiger partial charge in [-0.25, -0.2) is 0 Å². The fourth-order valence-corrected chi connectivity index (χ4v) is 6.55. The molecule has 0 saturated carbocycles. The quantitative estimate of drug-likeness (QED) is 0.229. The number of carbonyl (C=O) groups excluding carboxylic acids is 3. The van der Waals surface area contributed by atoms with E-state index >= 15 is 0 Å². The van der Waals surface area contributed by atoms with E-state index in [1.54, 1.807) is 17.1 Å². The van der Waals surface area contributed by atoms with Crippen molar-refractivity contribution in [1.82, 2.24) is 9.80 Å². The fourth-order valence-electron chi connectivity index (χ4n) is 6.55. The number of hydrogen-bond donors (Lipinski definition) is 1. The molecule has 2 amide bonds. The van der Waals surface area contributed by atoms with Gasteiger partial charge in [0.1, 0.15) is 17.6 Å². The average Bonchev–Trinajstić information content (AvgIpc) is 3.44. The summed E-state index contributed by atoms with van der Waals surface area (Å²) in [7, 11) is 0. The van der Waals surface area contributed by atoms with E-state index in [1.165, 1.54) is 4.90 Å². The zero-order valence-electron chi connectivity index (χ0n) is 21.5. The average molecular weight is 491 g/mol. The van der Waals surface area contributed by atoms with E-state index in [4.69, 9.17) is 9.47 Å². The lowest BCUT2D eigenvalue weighted by atomic mass is 9.65. The lowest BCUT2D eigenvalue weighted by Crippen LogP contribution is -2.58. The molecule has 1 spiro atoms. The first-order valence-electron chi connectivity index (χ1n) is 13.1. The van der Waals surface area contributed by atoms with Gasteiger partial charge in [-0.3, -0.25) is 14.4 Å². The summed E-state index contributed by atoms with van der Waals surface area (Å²) in [4.78, 5) is 44.5. The second-order valence-corrected chi connectivity index (χ2v) is 10.1. The molecular weight excluding hydrogens is 448 g/mol. The van der Waals surface area contributed by atoms with Crippen LogP contribution in [-0.2, 0) is 23.9 Å². The van der Waals surface area contributed by atoms with Crippen LogP contribution in [0.1, 0.15) is 65.7 Å². The number of amides is 2. The van der Waals surface area contributed by atoms with E-state index < -0.39 is 35.0 Å². The Morgan fingerprint density at radius 2 is 2.06 bits per heavy atom. The summed E-state index contributed by atoms with van der Waals surface area (Å²) in [6, 6.07) is -0.935. The summed E-state index contributed by atoms with van der Waals surface area (Å²) in [5.41, 5.74) is -1.92. The summed E-state index contributed by atoms with van der Waals surface area (Å²) in [6.45, 7) is 13.9. The molecule has 6 atom stereocenters. The number of carbonyl (C=O) groups is 3. The Morgan fingerprint density at radius 1 is 1.31 bits per heavy atom. The summed E-state index contributed by atoms with van der Waals surface area (Å²) in [6.07, 6.45) is 8.23. The van der Waals surface area contributed by atoms with Gasteiger partial charge in [0, 0.05) is 19.1 Å². The first-order valence-corrected chi connectivity index (χ1v) is 13.1. The Kier molecular flexibility index (Phi) is 8.81. The maximum atomic E-state index is 14.1. The summed E-state index contributed by atoms with van der Waals surface area (Å²) < 4.78 is 12.3. The standard InChI is InChI=1S/C27H42N2O6/c1-6-10-11-18-34-25(33)21-20-23(31)29(16-17-30)22(27(20)14-13-26(21,9-4)35-27)24(32)28(15-8-3)19(5)12-7-2/h6,8,19-22,30H,1,3,7,9-18H2,2,4-5H3/t19?,20-,21+,22?,26-,27?/m0/s1. The molecule has 3 fully saturated rings. The molecule has 3 heterocycles. The number of fused-ring (bicyclic) bond motifs is 1. The maximum Gasteiger partial charge on any atom is 0.312 e. The molecular formula is C27H42N2O6. The second-order valence-electron chi connectivity index (χ2n) is 10.1.